The van der Waals surface area contributed by atoms with Crippen LogP contribution < -0.4 is 14.8 Å². The van der Waals surface area contributed by atoms with Gasteiger partial charge < -0.3 is 19.4 Å². The summed E-state index contributed by atoms with van der Waals surface area (Å²) in [6.07, 6.45) is 1.71. The zero-order valence-corrected chi connectivity index (χ0v) is 16.1. The van der Waals surface area contributed by atoms with E-state index in [1.807, 2.05) is 47.0 Å². The molecular weight excluding hydrogens is 368 g/mol. The third kappa shape index (κ3) is 3.75. The standard InChI is InChI=1S/C22H20N4O3/c1-28-19-11-10-15(13-20(19)29-2)24-21(27)14-26-18-9-4-3-7-16(18)25-22(26)17-8-5-6-12-23-17/h3-13H,14H2,1-2H3,(H,24,27). The van der Waals surface area contributed by atoms with Gasteiger partial charge in [-0.25, -0.2) is 4.98 Å². The molecule has 2 aromatic carbocycles. The van der Waals surface area contributed by atoms with Crippen molar-refractivity contribution in [2.24, 2.45) is 0 Å². The van der Waals surface area contributed by atoms with Crippen LogP contribution in [0.25, 0.3) is 22.6 Å². The summed E-state index contributed by atoms with van der Waals surface area (Å²) >= 11 is 0. The molecule has 0 saturated heterocycles. The molecule has 0 saturated carbocycles. The third-order valence-corrected chi connectivity index (χ3v) is 4.52. The molecule has 0 fully saturated rings. The van der Waals surface area contributed by atoms with Crippen LogP contribution in [-0.2, 0) is 11.3 Å². The number of nitrogens with zero attached hydrogens (tertiary/aromatic N) is 3. The number of nitrogens with one attached hydrogen (secondary N) is 1. The summed E-state index contributed by atoms with van der Waals surface area (Å²) in [5.41, 5.74) is 3.02. The molecule has 0 spiro atoms. The Hall–Kier alpha value is -3.87. The van der Waals surface area contributed by atoms with Crippen LogP contribution in [0.5, 0.6) is 11.5 Å². The van der Waals surface area contributed by atoms with Crippen LogP contribution in [0.3, 0.4) is 0 Å². The lowest BCUT2D eigenvalue weighted by Gasteiger charge is -2.12. The number of pyridine rings is 1. The first-order valence-electron chi connectivity index (χ1n) is 9.08. The zero-order chi connectivity index (χ0) is 20.2. The van der Waals surface area contributed by atoms with Crippen LogP contribution in [0, 0.1) is 0 Å². The van der Waals surface area contributed by atoms with Crippen molar-refractivity contribution in [3.63, 3.8) is 0 Å². The van der Waals surface area contributed by atoms with Gasteiger partial charge in [0.15, 0.2) is 17.3 Å². The van der Waals surface area contributed by atoms with Crippen molar-refractivity contribution in [1.82, 2.24) is 14.5 Å². The lowest BCUT2D eigenvalue weighted by Crippen LogP contribution is -2.19. The minimum absolute atomic E-state index is 0.0980. The highest BCUT2D eigenvalue weighted by Crippen LogP contribution is 2.30. The average Bonchev–Trinajstić information content (AvgIpc) is 3.12. The van der Waals surface area contributed by atoms with Crippen LogP contribution >= 0.6 is 0 Å². The van der Waals surface area contributed by atoms with E-state index in [1.165, 1.54) is 0 Å². The summed E-state index contributed by atoms with van der Waals surface area (Å²) in [5, 5.41) is 2.91. The molecule has 146 valence electrons. The number of aromatic nitrogens is 3. The lowest BCUT2D eigenvalue weighted by molar-refractivity contribution is -0.116. The summed E-state index contributed by atoms with van der Waals surface area (Å²) in [4.78, 5) is 21.9. The highest BCUT2D eigenvalue weighted by Gasteiger charge is 2.16. The average molecular weight is 388 g/mol. The fourth-order valence-corrected chi connectivity index (χ4v) is 3.18. The number of carbonyl (C=O) groups excluding carboxylic acids is 1. The second kappa shape index (κ2) is 8.02. The Labute approximate surface area is 167 Å². The molecule has 4 aromatic rings. The van der Waals surface area contributed by atoms with Gasteiger partial charge in [0.1, 0.15) is 12.2 Å². The minimum atomic E-state index is -0.183. The smallest absolute Gasteiger partial charge is 0.244 e. The van der Waals surface area contributed by atoms with Crippen molar-refractivity contribution in [2.75, 3.05) is 19.5 Å². The van der Waals surface area contributed by atoms with Gasteiger partial charge in [0.25, 0.3) is 0 Å². The van der Waals surface area contributed by atoms with Crippen molar-refractivity contribution < 1.29 is 14.3 Å². The predicted octanol–water partition coefficient (Wildman–Crippen LogP) is 3.75. The van der Waals surface area contributed by atoms with Crippen LogP contribution in [0.15, 0.2) is 66.9 Å². The highest BCUT2D eigenvalue weighted by atomic mass is 16.5. The summed E-state index contributed by atoms with van der Waals surface area (Å²) in [6.45, 7) is 0.0980. The number of hydrogen-bond donors (Lipinski definition) is 1. The number of benzene rings is 2. The van der Waals surface area contributed by atoms with E-state index in [4.69, 9.17) is 9.47 Å². The number of methoxy groups -OCH3 is 2. The van der Waals surface area contributed by atoms with E-state index in [1.54, 1.807) is 38.6 Å². The first-order valence-corrected chi connectivity index (χ1v) is 9.08. The SMILES string of the molecule is COc1ccc(NC(=O)Cn2c(-c3ccccn3)nc3ccccc32)cc1OC. The summed E-state index contributed by atoms with van der Waals surface area (Å²) < 4.78 is 12.4. The van der Waals surface area contributed by atoms with Gasteiger partial charge in [-0.2, -0.15) is 0 Å². The number of hydrogen-bond acceptors (Lipinski definition) is 5. The van der Waals surface area contributed by atoms with Crippen LogP contribution in [0.1, 0.15) is 0 Å². The summed E-state index contributed by atoms with van der Waals surface area (Å²) in [5.74, 6) is 1.61. The van der Waals surface area contributed by atoms with Crippen LogP contribution in [0.2, 0.25) is 0 Å². The molecule has 7 heteroatoms. The Morgan fingerprint density at radius 1 is 1.00 bits per heavy atom. The molecule has 4 rings (SSSR count). The second-order valence-electron chi connectivity index (χ2n) is 6.34. The van der Waals surface area contributed by atoms with Crippen molar-refractivity contribution in [3.05, 3.63) is 66.9 Å². The van der Waals surface area contributed by atoms with Gasteiger partial charge >= 0.3 is 0 Å². The van der Waals surface area contributed by atoms with E-state index in [-0.39, 0.29) is 12.5 Å². The number of fused-ring (bicyclic) bond motifs is 1. The van der Waals surface area contributed by atoms with E-state index >= 15 is 0 Å². The number of imidazole rings is 1. The first kappa shape index (κ1) is 18.5. The molecule has 7 nitrogen and oxygen atoms in total. The largest absolute Gasteiger partial charge is 0.493 e. The Morgan fingerprint density at radius 2 is 1.79 bits per heavy atom. The monoisotopic (exact) mass is 388 g/mol. The Balaban J connectivity index is 1.65. The number of para-hydroxylation sites is 2. The van der Waals surface area contributed by atoms with Gasteiger partial charge in [-0.15, -0.1) is 0 Å². The van der Waals surface area contributed by atoms with Crippen molar-refractivity contribution in [1.29, 1.82) is 0 Å². The van der Waals surface area contributed by atoms with Gasteiger partial charge in [-0.1, -0.05) is 18.2 Å². The van der Waals surface area contributed by atoms with Gasteiger partial charge in [0, 0.05) is 18.0 Å². The van der Waals surface area contributed by atoms with E-state index in [2.05, 4.69) is 15.3 Å². The maximum absolute atomic E-state index is 12.8. The summed E-state index contributed by atoms with van der Waals surface area (Å²) in [7, 11) is 3.12. The van der Waals surface area contributed by atoms with E-state index in [0.29, 0.717) is 28.7 Å². The van der Waals surface area contributed by atoms with Crippen molar-refractivity contribution in [2.45, 2.75) is 6.54 Å². The van der Waals surface area contributed by atoms with Gasteiger partial charge in [0.05, 0.1) is 25.3 Å². The third-order valence-electron chi connectivity index (χ3n) is 4.52. The van der Waals surface area contributed by atoms with Crippen LogP contribution in [0.4, 0.5) is 5.69 Å². The second-order valence-corrected chi connectivity index (χ2v) is 6.34. The molecular formula is C22H20N4O3. The molecule has 0 aliphatic carbocycles. The molecule has 2 aromatic heterocycles. The fourth-order valence-electron chi connectivity index (χ4n) is 3.18. The van der Waals surface area contributed by atoms with Crippen molar-refractivity contribution in [3.8, 4) is 23.0 Å². The Morgan fingerprint density at radius 3 is 2.55 bits per heavy atom. The zero-order valence-electron chi connectivity index (χ0n) is 16.1. The topological polar surface area (TPSA) is 78.3 Å². The van der Waals surface area contributed by atoms with Gasteiger partial charge in [0.2, 0.25) is 5.91 Å². The Bertz CT molecular complexity index is 1160. The lowest BCUT2D eigenvalue weighted by atomic mass is 10.2. The molecule has 0 unspecified atom stereocenters. The molecule has 1 amide bonds. The van der Waals surface area contributed by atoms with E-state index < -0.39 is 0 Å². The molecule has 1 N–H and O–H groups in total. The number of ether oxygens (including phenoxy) is 2. The number of rotatable bonds is 6. The highest BCUT2D eigenvalue weighted by molar-refractivity contribution is 5.92. The van der Waals surface area contributed by atoms with Crippen LogP contribution in [-0.4, -0.2) is 34.7 Å². The Kier molecular flexibility index (Phi) is 5.11. The molecule has 2 heterocycles. The molecule has 0 aliphatic heterocycles. The predicted molar refractivity (Wildman–Crippen MR) is 111 cm³/mol. The maximum Gasteiger partial charge on any atom is 0.244 e. The fraction of sp³-hybridized carbons (Fsp3) is 0.136. The number of carbonyl (C=O) groups is 1. The quantitative estimate of drug-likeness (QED) is 0.544. The molecule has 0 bridgehead atoms. The van der Waals surface area contributed by atoms with E-state index in [0.717, 1.165) is 11.0 Å². The molecule has 0 atom stereocenters. The first-order chi connectivity index (χ1) is 14.2. The minimum Gasteiger partial charge on any atom is -0.493 e. The summed E-state index contributed by atoms with van der Waals surface area (Å²) in [6, 6.07) is 18.6. The molecule has 0 aliphatic rings. The van der Waals surface area contributed by atoms with Gasteiger partial charge in [-0.05, 0) is 36.4 Å². The number of amides is 1. The van der Waals surface area contributed by atoms with E-state index in [9.17, 15) is 4.79 Å². The van der Waals surface area contributed by atoms with Crippen molar-refractivity contribution >= 4 is 22.6 Å². The number of anilines is 1. The normalized spacial score (nSPS) is 10.7. The maximum atomic E-state index is 12.8. The van der Waals surface area contributed by atoms with Gasteiger partial charge in [-0.3, -0.25) is 9.78 Å². The molecule has 0 radical (unpaired) electrons. The molecule has 29 heavy (non-hydrogen) atoms.